The molecule has 3 nitrogen and oxygen atoms in total. The van der Waals surface area contributed by atoms with Crippen LogP contribution in [0.1, 0.15) is 0 Å². The van der Waals surface area contributed by atoms with Gasteiger partial charge in [-0.1, -0.05) is 72.8 Å². The SMILES string of the molecule is O=C(Nc1ccccc1)OCC[P+](c1ccccc1)(c1ccccc1)c1ccccc1.[Br-]. The van der Waals surface area contributed by atoms with E-state index in [2.05, 4.69) is 78.1 Å². The minimum Gasteiger partial charge on any atom is -1.00 e. The highest BCUT2D eigenvalue weighted by molar-refractivity contribution is 7.95. The average molecular weight is 506 g/mol. The highest BCUT2D eigenvalue weighted by Gasteiger charge is 2.45. The molecule has 0 aromatic heterocycles. The second-order valence-corrected chi connectivity index (χ2v) is 10.8. The Balaban J connectivity index is 0.00000289. The lowest BCUT2D eigenvalue weighted by Crippen LogP contribution is -3.00. The van der Waals surface area contributed by atoms with Crippen LogP contribution in [0.4, 0.5) is 10.5 Å². The number of carbonyl (C=O) groups excluding carboxylic acids is 1. The van der Waals surface area contributed by atoms with Crippen LogP contribution in [-0.2, 0) is 4.74 Å². The molecule has 4 aromatic rings. The monoisotopic (exact) mass is 505 g/mol. The van der Waals surface area contributed by atoms with Crippen LogP contribution in [0.2, 0.25) is 0 Å². The highest BCUT2D eigenvalue weighted by Crippen LogP contribution is 2.54. The smallest absolute Gasteiger partial charge is 0.411 e. The molecule has 1 amide bonds. The number of benzene rings is 4. The van der Waals surface area contributed by atoms with Crippen molar-refractivity contribution < 1.29 is 26.5 Å². The quantitative estimate of drug-likeness (QED) is 0.391. The van der Waals surface area contributed by atoms with Gasteiger partial charge in [0.25, 0.3) is 0 Å². The summed E-state index contributed by atoms with van der Waals surface area (Å²) < 4.78 is 5.64. The van der Waals surface area contributed by atoms with Crippen LogP contribution in [0, 0.1) is 0 Å². The second-order valence-electron chi connectivity index (χ2n) is 7.17. The van der Waals surface area contributed by atoms with Crippen molar-refractivity contribution in [1.29, 1.82) is 0 Å². The molecule has 32 heavy (non-hydrogen) atoms. The molecule has 1 N–H and O–H groups in total. The normalized spacial score (nSPS) is 10.6. The molecule has 162 valence electrons. The first-order valence-electron chi connectivity index (χ1n) is 10.3. The fourth-order valence-corrected chi connectivity index (χ4v) is 7.91. The molecule has 0 saturated carbocycles. The van der Waals surface area contributed by atoms with Crippen LogP contribution < -0.4 is 38.2 Å². The molecular weight excluding hydrogens is 481 g/mol. The van der Waals surface area contributed by atoms with E-state index in [1.54, 1.807) is 0 Å². The Morgan fingerprint density at radius 1 is 0.625 bits per heavy atom. The molecule has 0 bridgehead atoms. The fraction of sp³-hybridized carbons (Fsp3) is 0.0741. The number of para-hydroxylation sites is 1. The van der Waals surface area contributed by atoms with Crippen molar-refractivity contribution in [1.82, 2.24) is 0 Å². The molecule has 0 aliphatic carbocycles. The molecule has 5 heteroatoms. The molecule has 4 rings (SSSR count). The Labute approximate surface area is 200 Å². The lowest BCUT2D eigenvalue weighted by atomic mass is 10.3. The van der Waals surface area contributed by atoms with E-state index in [1.807, 2.05) is 48.5 Å². The topological polar surface area (TPSA) is 38.3 Å². The van der Waals surface area contributed by atoms with Gasteiger partial charge in [0, 0.05) is 5.69 Å². The van der Waals surface area contributed by atoms with Crippen LogP contribution in [0.25, 0.3) is 0 Å². The van der Waals surface area contributed by atoms with Crippen LogP contribution >= 0.6 is 7.26 Å². The summed E-state index contributed by atoms with van der Waals surface area (Å²) in [6, 6.07) is 41.1. The van der Waals surface area contributed by atoms with Gasteiger partial charge in [0.1, 0.15) is 35.9 Å². The maximum Gasteiger partial charge on any atom is 0.411 e. The minimum atomic E-state index is -2.00. The van der Waals surface area contributed by atoms with Crippen LogP contribution in [0.3, 0.4) is 0 Å². The van der Waals surface area contributed by atoms with Gasteiger partial charge in [-0.15, -0.1) is 0 Å². The number of halogens is 1. The molecular formula is C27H25BrNO2P. The summed E-state index contributed by atoms with van der Waals surface area (Å²) in [7, 11) is -2.00. The first-order valence-corrected chi connectivity index (χ1v) is 12.3. The van der Waals surface area contributed by atoms with E-state index < -0.39 is 13.4 Å². The van der Waals surface area contributed by atoms with E-state index in [4.69, 9.17) is 4.74 Å². The summed E-state index contributed by atoms with van der Waals surface area (Å²) in [5.74, 6) is 0. The molecule has 0 saturated heterocycles. The molecule has 0 unspecified atom stereocenters. The van der Waals surface area contributed by atoms with Gasteiger partial charge < -0.3 is 21.7 Å². The molecule has 0 spiro atoms. The van der Waals surface area contributed by atoms with E-state index in [0.29, 0.717) is 6.61 Å². The number of carbonyl (C=O) groups is 1. The summed E-state index contributed by atoms with van der Waals surface area (Å²) in [4.78, 5) is 12.4. The Bertz CT molecular complexity index is 997. The third-order valence-electron chi connectivity index (χ3n) is 5.27. The molecule has 4 aromatic carbocycles. The van der Waals surface area contributed by atoms with Gasteiger partial charge in [0.2, 0.25) is 0 Å². The van der Waals surface area contributed by atoms with Gasteiger partial charge in [-0.3, -0.25) is 5.32 Å². The number of nitrogens with one attached hydrogen (secondary N) is 1. The number of anilines is 1. The lowest BCUT2D eigenvalue weighted by molar-refractivity contribution is -0.0000115. The first kappa shape index (κ1) is 23.7. The Morgan fingerprint density at radius 2 is 1.00 bits per heavy atom. The summed E-state index contributed by atoms with van der Waals surface area (Å²) in [6.45, 7) is 0.325. The predicted octanol–water partition coefficient (Wildman–Crippen LogP) is 2.23. The third kappa shape index (κ3) is 5.45. The zero-order valence-corrected chi connectivity index (χ0v) is 20.1. The van der Waals surface area contributed by atoms with Crippen molar-refractivity contribution in [3.63, 3.8) is 0 Å². The number of ether oxygens (including phenoxy) is 1. The van der Waals surface area contributed by atoms with Gasteiger partial charge in [-0.25, -0.2) is 4.79 Å². The van der Waals surface area contributed by atoms with Gasteiger partial charge in [-0.05, 0) is 48.5 Å². The third-order valence-corrected chi connectivity index (χ3v) is 9.66. The molecule has 0 aliphatic rings. The Hall–Kier alpha value is -2.94. The van der Waals surface area contributed by atoms with E-state index in [9.17, 15) is 4.79 Å². The van der Waals surface area contributed by atoms with E-state index >= 15 is 0 Å². The highest BCUT2D eigenvalue weighted by atomic mass is 79.9. The lowest BCUT2D eigenvalue weighted by Gasteiger charge is -2.27. The van der Waals surface area contributed by atoms with Crippen LogP contribution in [0.5, 0.6) is 0 Å². The molecule has 0 aliphatic heterocycles. The minimum absolute atomic E-state index is 0. The molecule has 0 heterocycles. The van der Waals surface area contributed by atoms with Gasteiger partial charge >= 0.3 is 6.09 Å². The van der Waals surface area contributed by atoms with Crippen molar-refractivity contribution in [3.05, 3.63) is 121 Å². The van der Waals surface area contributed by atoms with Crippen molar-refractivity contribution >= 4 is 35.0 Å². The number of rotatable bonds is 7. The van der Waals surface area contributed by atoms with Gasteiger partial charge in [0.15, 0.2) is 0 Å². The predicted molar refractivity (Wildman–Crippen MR) is 131 cm³/mol. The zero-order valence-electron chi connectivity index (χ0n) is 17.6. The zero-order chi connectivity index (χ0) is 21.4. The number of hydrogen-bond acceptors (Lipinski definition) is 2. The molecule has 0 fully saturated rings. The van der Waals surface area contributed by atoms with E-state index in [0.717, 1.165) is 11.8 Å². The first-order chi connectivity index (χ1) is 15.3. The number of hydrogen-bond donors (Lipinski definition) is 1. The summed E-state index contributed by atoms with van der Waals surface area (Å²) in [6.07, 6.45) is 0.297. The van der Waals surface area contributed by atoms with Crippen LogP contribution in [0.15, 0.2) is 121 Å². The standard InChI is InChI=1S/C27H24NO2P.BrH/c29-27(28-23-13-5-1-6-14-23)30-21-22-31(24-15-7-2-8-16-24,25-17-9-3-10-18-25)26-19-11-4-12-20-26;/h1-20H,21-22H2;1H. The van der Waals surface area contributed by atoms with Crippen molar-refractivity contribution in [2.45, 2.75) is 0 Å². The summed E-state index contributed by atoms with van der Waals surface area (Å²) >= 11 is 0. The Kier molecular flexibility index (Phi) is 8.61. The summed E-state index contributed by atoms with van der Waals surface area (Å²) in [5, 5.41) is 6.63. The average Bonchev–Trinajstić information content (AvgIpc) is 2.84. The Morgan fingerprint density at radius 3 is 1.41 bits per heavy atom. The number of amides is 1. The van der Waals surface area contributed by atoms with Crippen molar-refractivity contribution in [3.8, 4) is 0 Å². The molecule has 0 radical (unpaired) electrons. The molecule has 0 atom stereocenters. The fourth-order valence-electron chi connectivity index (χ4n) is 3.83. The van der Waals surface area contributed by atoms with E-state index in [1.165, 1.54) is 15.9 Å². The second kappa shape index (κ2) is 11.6. The van der Waals surface area contributed by atoms with Gasteiger partial charge in [0.05, 0.1) is 0 Å². The summed E-state index contributed by atoms with van der Waals surface area (Å²) in [5.41, 5.74) is 0.725. The van der Waals surface area contributed by atoms with Crippen molar-refractivity contribution in [2.24, 2.45) is 0 Å². The maximum atomic E-state index is 12.4. The van der Waals surface area contributed by atoms with E-state index in [-0.39, 0.29) is 17.0 Å². The largest absolute Gasteiger partial charge is 1.00 e. The van der Waals surface area contributed by atoms with Crippen LogP contribution in [-0.4, -0.2) is 18.9 Å². The maximum absolute atomic E-state index is 12.4. The van der Waals surface area contributed by atoms with Gasteiger partial charge in [-0.2, -0.15) is 0 Å². The van der Waals surface area contributed by atoms with Crippen molar-refractivity contribution in [2.75, 3.05) is 18.1 Å².